The van der Waals surface area contributed by atoms with Crippen LogP contribution in [0.5, 0.6) is 11.5 Å². The molecule has 2 amide bonds. The van der Waals surface area contributed by atoms with Crippen molar-refractivity contribution >= 4 is 40.2 Å². The van der Waals surface area contributed by atoms with Gasteiger partial charge in [-0.3, -0.25) is 9.59 Å². The van der Waals surface area contributed by atoms with E-state index in [-0.39, 0.29) is 11.1 Å². The van der Waals surface area contributed by atoms with Gasteiger partial charge in [0.25, 0.3) is 11.1 Å². The van der Waals surface area contributed by atoms with Crippen molar-refractivity contribution in [1.29, 1.82) is 0 Å². The minimum atomic E-state index is -0.361. The molecule has 0 radical (unpaired) electrons. The van der Waals surface area contributed by atoms with Crippen molar-refractivity contribution in [1.82, 2.24) is 4.90 Å². The van der Waals surface area contributed by atoms with Crippen LogP contribution < -0.4 is 14.8 Å². The number of benzene rings is 2. The van der Waals surface area contributed by atoms with Crippen molar-refractivity contribution in [3.8, 4) is 11.5 Å². The number of anilines is 1. The number of carbonyl (C=O) groups is 2. The van der Waals surface area contributed by atoms with E-state index in [4.69, 9.17) is 21.1 Å². The SMILES string of the molecule is CCCOc1c(Cl)cc(C(=O)Nc2ccccc2SC(=O)N(C)C)cc1OCC. The first-order chi connectivity index (χ1) is 13.9. The highest BCUT2D eigenvalue weighted by Gasteiger charge is 2.18. The molecule has 0 aliphatic heterocycles. The number of thioether (sulfide) groups is 1. The fourth-order valence-electron chi connectivity index (χ4n) is 2.34. The lowest BCUT2D eigenvalue weighted by Crippen LogP contribution is -2.17. The van der Waals surface area contributed by atoms with E-state index in [9.17, 15) is 9.59 Å². The molecule has 2 rings (SSSR count). The molecule has 6 nitrogen and oxygen atoms in total. The first-order valence-corrected chi connectivity index (χ1v) is 10.4. The quantitative estimate of drug-likeness (QED) is 0.549. The zero-order chi connectivity index (χ0) is 21.4. The molecule has 156 valence electrons. The van der Waals surface area contributed by atoms with E-state index in [1.165, 1.54) is 4.90 Å². The summed E-state index contributed by atoms with van der Waals surface area (Å²) < 4.78 is 11.3. The van der Waals surface area contributed by atoms with Gasteiger partial charge in [0.15, 0.2) is 11.5 Å². The maximum Gasteiger partial charge on any atom is 0.286 e. The molecule has 0 saturated heterocycles. The maximum absolute atomic E-state index is 12.8. The van der Waals surface area contributed by atoms with Gasteiger partial charge < -0.3 is 19.7 Å². The van der Waals surface area contributed by atoms with Gasteiger partial charge in [0, 0.05) is 24.6 Å². The molecule has 0 bridgehead atoms. The fraction of sp³-hybridized carbons (Fsp3) is 0.333. The second-order valence-electron chi connectivity index (χ2n) is 6.28. The molecule has 0 fully saturated rings. The number of nitrogens with one attached hydrogen (secondary N) is 1. The molecule has 0 aliphatic carbocycles. The average Bonchev–Trinajstić information content (AvgIpc) is 2.68. The summed E-state index contributed by atoms with van der Waals surface area (Å²) in [4.78, 5) is 27.0. The fourth-order valence-corrected chi connectivity index (χ4v) is 3.36. The van der Waals surface area contributed by atoms with Gasteiger partial charge in [-0.25, -0.2) is 0 Å². The molecule has 0 heterocycles. The van der Waals surface area contributed by atoms with Crippen molar-refractivity contribution in [3.05, 3.63) is 47.0 Å². The molecular weight excluding hydrogens is 412 g/mol. The van der Waals surface area contributed by atoms with Crippen LogP contribution in [0.2, 0.25) is 5.02 Å². The topological polar surface area (TPSA) is 67.9 Å². The molecule has 8 heteroatoms. The molecule has 0 atom stereocenters. The lowest BCUT2D eigenvalue weighted by Gasteiger charge is -2.16. The number of carbonyl (C=O) groups excluding carboxylic acids is 2. The summed E-state index contributed by atoms with van der Waals surface area (Å²) in [5, 5.41) is 3.02. The number of amides is 2. The molecule has 0 saturated carbocycles. The standard InChI is InChI=1S/C21H25ClN2O4S/c1-5-11-28-19-15(22)12-14(13-17(19)27-6-2)20(25)23-16-9-7-8-10-18(16)29-21(26)24(3)4/h7-10,12-13H,5-6,11H2,1-4H3,(H,23,25). The zero-order valence-electron chi connectivity index (χ0n) is 17.0. The molecule has 2 aromatic carbocycles. The number of hydrogen-bond donors (Lipinski definition) is 1. The van der Waals surface area contributed by atoms with Crippen molar-refractivity contribution in [2.45, 2.75) is 25.2 Å². The number of rotatable bonds is 8. The van der Waals surface area contributed by atoms with Crippen LogP contribution in [0.15, 0.2) is 41.3 Å². The van der Waals surface area contributed by atoms with Crippen LogP contribution in [0.3, 0.4) is 0 Å². The highest BCUT2D eigenvalue weighted by molar-refractivity contribution is 8.13. The van der Waals surface area contributed by atoms with Crippen molar-refractivity contribution in [2.24, 2.45) is 0 Å². The summed E-state index contributed by atoms with van der Waals surface area (Å²) in [6, 6.07) is 10.3. The van der Waals surface area contributed by atoms with Crippen molar-refractivity contribution in [3.63, 3.8) is 0 Å². The number of halogens is 1. The van der Waals surface area contributed by atoms with Crippen LogP contribution in [0.25, 0.3) is 0 Å². The monoisotopic (exact) mass is 436 g/mol. The van der Waals surface area contributed by atoms with E-state index in [1.807, 2.05) is 19.9 Å². The maximum atomic E-state index is 12.8. The predicted molar refractivity (Wildman–Crippen MR) is 118 cm³/mol. The summed E-state index contributed by atoms with van der Waals surface area (Å²) in [6.45, 7) is 4.75. The number of nitrogens with zero attached hydrogens (tertiary/aromatic N) is 1. The van der Waals surface area contributed by atoms with Crippen LogP contribution in [-0.2, 0) is 0 Å². The second kappa shape index (κ2) is 11.0. The molecule has 1 N–H and O–H groups in total. The Balaban J connectivity index is 2.28. The van der Waals surface area contributed by atoms with Crippen LogP contribution in [0, 0.1) is 0 Å². The van der Waals surface area contributed by atoms with E-state index in [1.54, 1.807) is 44.4 Å². The first-order valence-electron chi connectivity index (χ1n) is 9.26. The van der Waals surface area contributed by atoms with Crippen LogP contribution in [0.4, 0.5) is 10.5 Å². The lowest BCUT2D eigenvalue weighted by molar-refractivity contribution is 0.102. The highest BCUT2D eigenvalue weighted by atomic mass is 35.5. The molecule has 2 aromatic rings. The summed E-state index contributed by atoms with van der Waals surface area (Å²) in [5.74, 6) is 0.490. The van der Waals surface area contributed by atoms with Crippen LogP contribution in [-0.4, -0.2) is 43.4 Å². The normalized spacial score (nSPS) is 10.4. The Bertz CT molecular complexity index is 874. The third-order valence-electron chi connectivity index (χ3n) is 3.72. The van der Waals surface area contributed by atoms with Crippen LogP contribution >= 0.6 is 23.4 Å². The van der Waals surface area contributed by atoms with Gasteiger partial charge >= 0.3 is 0 Å². The van der Waals surface area contributed by atoms with Gasteiger partial charge in [-0.15, -0.1) is 0 Å². The molecule has 0 aliphatic rings. The second-order valence-corrected chi connectivity index (χ2v) is 7.68. The smallest absolute Gasteiger partial charge is 0.286 e. The average molecular weight is 437 g/mol. The molecule has 0 spiro atoms. The van der Waals surface area contributed by atoms with E-state index in [2.05, 4.69) is 5.32 Å². The third kappa shape index (κ3) is 6.30. The summed E-state index contributed by atoms with van der Waals surface area (Å²) in [6.07, 6.45) is 0.824. The zero-order valence-corrected chi connectivity index (χ0v) is 18.5. The third-order valence-corrected chi connectivity index (χ3v) is 5.12. The molecular formula is C21H25ClN2O4S. The van der Waals surface area contributed by atoms with E-state index in [0.29, 0.717) is 45.9 Å². The Morgan fingerprint density at radius 2 is 1.86 bits per heavy atom. The van der Waals surface area contributed by atoms with Crippen LogP contribution in [0.1, 0.15) is 30.6 Å². The summed E-state index contributed by atoms with van der Waals surface area (Å²) in [5.41, 5.74) is 0.874. The Kier molecular flexibility index (Phi) is 8.67. The van der Waals surface area contributed by atoms with Gasteiger partial charge in [0.2, 0.25) is 0 Å². The van der Waals surface area contributed by atoms with Crippen molar-refractivity contribution in [2.75, 3.05) is 32.6 Å². The number of hydrogen-bond acceptors (Lipinski definition) is 5. The van der Waals surface area contributed by atoms with Gasteiger partial charge in [-0.05, 0) is 49.4 Å². The van der Waals surface area contributed by atoms with E-state index >= 15 is 0 Å². The Morgan fingerprint density at radius 1 is 1.14 bits per heavy atom. The molecule has 0 aromatic heterocycles. The minimum Gasteiger partial charge on any atom is -0.490 e. The minimum absolute atomic E-state index is 0.134. The van der Waals surface area contributed by atoms with Gasteiger partial charge in [0.05, 0.1) is 23.9 Å². The predicted octanol–water partition coefficient (Wildman–Crippen LogP) is 5.55. The Labute approximate surface area is 180 Å². The number of ether oxygens (including phenoxy) is 2. The molecule has 0 unspecified atom stereocenters. The molecule has 29 heavy (non-hydrogen) atoms. The summed E-state index contributed by atoms with van der Waals surface area (Å²) >= 11 is 7.39. The Morgan fingerprint density at radius 3 is 2.52 bits per heavy atom. The van der Waals surface area contributed by atoms with Crippen molar-refractivity contribution < 1.29 is 19.1 Å². The van der Waals surface area contributed by atoms with E-state index < -0.39 is 0 Å². The first kappa shape index (κ1) is 22.9. The van der Waals surface area contributed by atoms with Gasteiger partial charge in [-0.2, -0.15) is 0 Å². The number of para-hydroxylation sites is 1. The van der Waals surface area contributed by atoms with E-state index in [0.717, 1.165) is 18.2 Å². The van der Waals surface area contributed by atoms with Gasteiger partial charge in [0.1, 0.15) is 0 Å². The highest BCUT2D eigenvalue weighted by Crippen LogP contribution is 2.37. The summed E-state index contributed by atoms with van der Waals surface area (Å²) in [7, 11) is 3.35. The lowest BCUT2D eigenvalue weighted by atomic mass is 10.1. The Hall–Kier alpha value is -2.38. The largest absolute Gasteiger partial charge is 0.490 e. The van der Waals surface area contributed by atoms with Gasteiger partial charge in [-0.1, -0.05) is 30.7 Å².